The zero-order chi connectivity index (χ0) is 22.3. The number of carbonyl (C=O) groups is 1. The first-order valence-electron chi connectivity index (χ1n) is 8.02. The molecule has 1 amide bonds. The van der Waals surface area contributed by atoms with Gasteiger partial charge < -0.3 is 0 Å². The Bertz CT molecular complexity index is 1300. The van der Waals surface area contributed by atoms with E-state index in [1.54, 1.807) is 0 Å². The molecule has 1 heterocycles. The topological polar surface area (TPSA) is 166 Å². The fourth-order valence-electron chi connectivity index (χ4n) is 2.49. The summed E-state index contributed by atoms with van der Waals surface area (Å²) in [4.78, 5) is 11.9. The second-order valence-corrected chi connectivity index (χ2v) is 9.32. The van der Waals surface area contributed by atoms with Crippen molar-refractivity contribution in [2.24, 2.45) is 15.3 Å². The maximum absolute atomic E-state index is 12.7. The first kappa shape index (κ1) is 29.3. The van der Waals surface area contributed by atoms with E-state index < -0.39 is 37.1 Å². The number of halogens is 1. The SMILES string of the molecule is CC1=NN(c2cc(S(=O)(=O)O)ccc2Cl)C(=O)C1/N=N/c1ccc(S(=O)(=O)O)cc1.[NaH].[NaH]. The monoisotopic (exact) mass is 520 g/mol. The molecule has 2 aromatic carbocycles. The molecule has 1 unspecified atom stereocenters. The number of hydrogen-bond acceptors (Lipinski definition) is 8. The van der Waals surface area contributed by atoms with Gasteiger partial charge in [-0.1, -0.05) is 11.6 Å². The van der Waals surface area contributed by atoms with E-state index in [9.17, 15) is 26.2 Å². The molecule has 162 valence electrons. The normalized spacial score (nSPS) is 16.5. The summed E-state index contributed by atoms with van der Waals surface area (Å²) in [7, 11) is -8.87. The van der Waals surface area contributed by atoms with Gasteiger partial charge in [0.05, 0.1) is 31.9 Å². The Hall–Kier alpha value is -0.710. The van der Waals surface area contributed by atoms with Crippen LogP contribution < -0.4 is 5.01 Å². The van der Waals surface area contributed by atoms with Gasteiger partial charge in [0.1, 0.15) is 0 Å². The molecule has 1 aliphatic rings. The fraction of sp³-hybridized carbons (Fsp3) is 0.125. The molecule has 1 atom stereocenters. The Labute approximate surface area is 233 Å². The van der Waals surface area contributed by atoms with E-state index in [2.05, 4.69) is 15.3 Å². The van der Waals surface area contributed by atoms with Crippen molar-refractivity contribution in [3.63, 3.8) is 0 Å². The zero-order valence-electron chi connectivity index (χ0n) is 15.0. The molecule has 1 aliphatic heterocycles. The number of nitrogens with zero attached hydrogens (tertiary/aromatic N) is 4. The molecule has 0 aliphatic carbocycles. The molecular formula is C16H15ClN4Na2O7S2. The number of amides is 1. The molecule has 3 rings (SSSR count). The van der Waals surface area contributed by atoms with Crippen LogP contribution >= 0.6 is 11.6 Å². The van der Waals surface area contributed by atoms with Crippen molar-refractivity contribution in [3.8, 4) is 0 Å². The van der Waals surface area contributed by atoms with Crippen LogP contribution in [0.2, 0.25) is 5.02 Å². The van der Waals surface area contributed by atoms with E-state index in [0.717, 1.165) is 29.3 Å². The third kappa shape index (κ3) is 6.67. The van der Waals surface area contributed by atoms with Crippen molar-refractivity contribution in [1.82, 2.24) is 0 Å². The molecular weight excluding hydrogens is 506 g/mol. The summed E-state index contributed by atoms with van der Waals surface area (Å²) in [6, 6.07) is 6.94. The minimum atomic E-state index is -4.52. The molecule has 0 fully saturated rings. The van der Waals surface area contributed by atoms with E-state index in [4.69, 9.17) is 16.2 Å². The van der Waals surface area contributed by atoms with Gasteiger partial charge in [-0.05, 0) is 49.4 Å². The van der Waals surface area contributed by atoms with Crippen LogP contribution in [-0.4, -0.2) is 103 Å². The summed E-state index contributed by atoms with van der Waals surface area (Å²) in [6.07, 6.45) is 0. The first-order valence-corrected chi connectivity index (χ1v) is 11.3. The predicted octanol–water partition coefficient (Wildman–Crippen LogP) is 1.41. The number of carbonyl (C=O) groups excluding carboxylic acids is 1. The maximum atomic E-state index is 12.7. The Kier molecular flexibility index (Phi) is 10.2. The Morgan fingerprint density at radius 2 is 1.50 bits per heavy atom. The van der Waals surface area contributed by atoms with Crippen molar-refractivity contribution >= 4 is 114 Å². The van der Waals surface area contributed by atoms with Gasteiger partial charge in [0.25, 0.3) is 26.1 Å². The minimum absolute atomic E-state index is 0. The van der Waals surface area contributed by atoms with Gasteiger partial charge >= 0.3 is 59.1 Å². The van der Waals surface area contributed by atoms with Crippen molar-refractivity contribution < 1.29 is 30.7 Å². The van der Waals surface area contributed by atoms with Gasteiger partial charge in [-0.25, -0.2) is 0 Å². The summed E-state index contributed by atoms with van der Waals surface area (Å²) < 4.78 is 63.0. The molecule has 0 saturated heterocycles. The van der Waals surface area contributed by atoms with E-state index in [1.807, 2.05) is 0 Å². The first-order chi connectivity index (χ1) is 13.9. The van der Waals surface area contributed by atoms with Gasteiger partial charge in [0.2, 0.25) is 0 Å². The molecule has 16 heteroatoms. The van der Waals surface area contributed by atoms with Crippen molar-refractivity contribution in [1.29, 1.82) is 0 Å². The predicted molar refractivity (Wildman–Crippen MR) is 121 cm³/mol. The summed E-state index contributed by atoms with van der Waals surface area (Å²) in [6.45, 7) is 1.50. The number of anilines is 1. The average Bonchev–Trinajstić information content (AvgIpc) is 2.93. The molecule has 2 aromatic rings. The van der Waals surface area contributed by atoms with Crippen molar-refractivity contribution in [2.75, 3.05) is 5.01 Å². The number of hydrogen-bond donors (Lipinski definition) is 2. The van der Waals surface area contributed by atoms with Gasteiger partial charge in [-0.3, -0.25) is 13.9 Å². The van der Waals surface area contributed by atoms with Crippen LogP contribution in [0.4, 0.5) is 11.4 Å². The standard InChI is InChI=1S/C16H13ClN4O7S2.2Na.2H/c1-9-15(19-18-10-2-4-11(5-3-10)29(23,24)25)16(22)21(20-9)14-8-12(30(26,27)28)6-7-13(14)17;;;;/h2-8,15H,1H3,(H,23,24,25)(H,26,27,28);;;;/b19-18+;;;;. The van der Waals surface area contributed by atoms with Crippen LogP contribution in [0, 0.1) is 0 Å². The number of hydrazone groups is 1. The van der Waals surface area contributed by atoms with Crippen LogP contribution in [-0.2, 0) is 25.0 Å². The Balaban J connectivity index is 0.00000256. The summed E-state index contributed by atoms with van der Waals surface area (Å²) in [5, 5.41) is 12.7. The van der Waals surface area contributed by atoms with Gasteiger partial charge in [0.15, 0.2) is 6.04 Å². The quantitative estimate of drug-likeness (QED) is 0.341. The van der Waals surface area contributed by atoms with Crippen molar-refractivity contribution in [3.05, 3.63) is 47.5 Å². The summed E-state index contributed by atoms with van der Waals surface area (Å²) in [5.41, 5.74) is 0.394. The van der Waals surface area contributed by atoms with Crippen LogP contribution in [0.1, 0.15) is 6.92 Å². The third-order valence-corrected chi connectivity index (χ3v) is 6.00. The summed E-state index contributed by atoms with van der Waals surface area (Å²) >= 11 is 6.05. The van der Waals surface area contributed by atoms with Crippen LogP contribution in [0.5, 0.6) is 0 Å². The van der Waals surface area contributed by atoms with Gasteiger partial charge in [-0.2, -0.15) is 37.2 Å². The van der Waals surface area contributed by atoms with Crippen LogP contribution in [0.3, 0.4) is 0 Å². The molecule has 0 spiro atoms. The van der Waals surface area contributed by atoms with Crippen LogP contribution in [0.15, 0.2) is 67.6 Å². The van der Waals surface area contributed by atoms with E-state index >= 15 is 0 Å². The van der Waals surface area contributed by atoms with E-state index in [0.29, 0.717) is 0 Å². The Morgan fingerprint density at radius 1 is 0.969 bits per heavy atom. The molecule has 0 bridgehead atoms. The number of benzene rings is 2. The van der Waals surface area contributed by atoms with Crippen LogP contribution in [0.25, 0.3) is 0 Å². The average molecular weight is 521 g/mol. The molecule has 2 N–H and O–H groups in total. The fourth-order valence-corrected chi connectivity index (χ4v) is 3.66. The zero-order valence-corrected chi connectivity index (χ0v) is 17.4. The molecule has 32 heavy (non-hydrogen) atoms. The van der Waals surface area contributed by atoms with Gasteiger partial charge in [-0.15, -0.1) is 0 Å². The third-order valence-electron chi connectivity index (χ3n) is 3.96. The van der Waals surface area contributed by atoms with E-state index in [-0.39, 0.29) is 86.1 Å². The second-order valence-electron chi connectivity index (χ2n) is 6.07. The van der Waals surface area contributed by atoms with E-state index in [1.165, 1.54) is 25.1 Å². The molecule has 0 radical (unpaired) electrons. The molecule has 0 aromatic heterocycles. The van der Waals surface area contributed by atoms with Gasteiger partial charge in [0, 0.05) is 0 Å². The van der Waals surface area contributed by atoms with Crippen molar-refractivity contribution in [2.45, 2.75) is 22.8 Å². The number of rotatable bonds is 5. The Morgan fingerprint density at radius 3 is 2.03 bits per heavy atom. The number of azo groups is 1. The molecule has 0 saturated carbocycles. The molecule has 11 nitrogen and oxygen atoms in total. The second kappa shape index (κ2) is 11.1. The summed E-state index contributed by atoms with van der Waals surface area (Å²) in [5.74, 6) is -0.666.